The Kier molecular flexibility index (Phi) is 3.88. The van der Waals surface area contributed by atoms with E-state index in [1.54, 1.807) is 6.20 Å². The van der Waals surface area contributed by atoms with Crippen molar-refractivity contribution in [1.29, 1.82) is 0 Å². The first-order valence-electron chi connectivity index (χ1n) is 8.35. The maximum Gasteiger partial charge on any atom is 0.173 e. The second-order valence-electron chi connectivity index (χ2n) is 6.21. The number of aromatic amines is 2. The number of pyridine rings is 1. The fourth-order valence-corrected chi connectivity index (χ4v) is 4.07. The lowest BCUT2D eigenvalue weighted by molar-refractivity contribution is 0.102. The van der Waals surface area contributed by atoms with Crippen molar-refractivity contribution in [3.8, 4) is 0 Å². The summed E-state index contributed by atoms with van der Waals surface area (Å²) in [4.78, 5) is 28.0. The van der Waals surface area contributed by atoms with Crippen molar-refractivity contribution in [3.63, 3.8) is 0 Å². The third-order valence-electron chi connectivity index (χ3n) is 4.45. The number of rotatable bonds is 4. The largest absolute Gasteiger partial charge is 0.339 e. The van der Waals surface area contributed by atoms with Crippen LogP contribution in [0.5, 0.6) is 0 Å². The number of nitrogens with one attached hydrogen (secondary N) is 2. The van der Waals surface area contributed by atoms with Crippen LogP contribution in [0.15, 0.2) is 59.9 Å². The molecule has 0 aliphatic carbocycles. The first kappa shape index (κ1) is 16.4. The van der Waals surface area contributed by atoms with Gasteiger partial charge in [-0.05, 0) is 36.4 Å². The van der Waals surface area contributed by atoms with Gasteiger partial charge in [-0.25, -0.2) is 9.97 Å². The van der Waals surface area contributed by atoms with Crippen LogP contribution in [0.2, 0.25) is 5.02 Å². The average molecular weight is 393 g/mol. The van der Waals surface area contributed by atoms with Gasteiger partial charge in [0.25, 0.3) is 0 Å². The van der Waals surface area contributed by atoms with E-state index in [4.69, 9.17) is 11.6 Å². The molecule has 2 N–H and O–H groups in total. The molecule has 0 fully saturated rings. The number of carbonyl (C=O) groups is 1. The van der Waals surface area contributed by atoms with Crippen LogP contribution in [-0.2, 0) is 0 Å². The summed E-state index contributed by atoms with van der Waals surface area (Å²) in [5.41, 5.74) is 4.22. The molecule has 0 aliphatic rings. The zero-order valence-corrected chi connectivity index (χ0v) is 15.6. The number of thioether (sulfide) groups is 1. The average Bonchev–Trinajstić information content (AvgIpc) is 3.26. The number of Topliss-reactive ketones (excluding diaryl/α,β-unsaturated/α-hetero) is 1. The molecule has 0 unspecified atom stereocenters. The normalized spacial score (nSPS) is 11.6. The molecule has 0 saturated heterocycles. The molecule has 7 heteroatoms. The van der Waals surface area contributed by atoms with E-state index in [2.05, 4.69) is 19.9 Å². The molecule has 0 bridgehead atoms. The Balaban J connectivity index is 1.42. The third kappa shape index (κ3) is 2.97. The molecule has 0 saturated carbocycles. The van der Waals surface area contributed by atoms with Crippen LogP contribution in [0.1, 0.15) is 10.4 Å². The first-order chi connectivity index (χ1) is 13.2. The molecular weight excluding hydrogens is 380 g/mol. The van der Waals surface area contributed by atoms with Crippen molar-refractivity contribution in [2.24, 2.45) is 0 Å². The summed E-state index contributed by atoms with van der Waals surface area (Å²) >= 11 is 7.48. The number of hydrogen-bond acceptors (Lipinski definition) is 4. The van der Waals surface area contributed by atoms with Gasteiger partial charge in [0.1, 0.15) is 5.65 Å². The standard InChI is InChI=1S/C20H13ClN4OS/c21-12-8-14-13-7-11(5-6-15(13)23-19(14)22-9-12)18(26)10-27-20-24-16-3-1-2-4-17(16)25-20/h1-9H,10H2,(H,22,23)(H,24,25). The number of para-hydroxylation sites is 2. The highest BCUT2D eigenvalue weighted by Gasteiger charge is 2.12. The van der Waals surface area contributed by atoms with Gasteiger partial charge < -0.3 is 9.97 Å². The molecule has 132 valence electrons. The number of H-pyrrole nitrogens is 2. The zero-order valence-electron chi connectivity index (χ0n) is 14.0. The van der Waals surface area contributed by atoms with Gasteiger partial charge in [-0.2, -0.15) is 0 Å². The minimum absolute atomic E-state index is 0.0479. The highest BCUT2D eigenvalue weighted by atomic mass is 35.5. The molecule has 0 amide bonds. The summed E-state index contributed by atoms with van der Waals surface area (Å²) in [6.07, 6.45) is 1.61. The van der Waals surface area contributed by atoms with Crippen LogP contribution >= 0.6 is 23.4 Å². The predicted molar refractivity (Wildman–Crippen MR) is 110 cm³/mol. The fourth-order valence-electron chi connectivity index (χ4n) is 3.14. The number of ketones is 1. The topological polar surface area (TPSA) is 74.4 Å². The second kappa shape index (κ2) is 6.40. The van der Waals surface area contributed by atoms with E-state index < -0.39 is 0 Å². The van der Waals surface area contributed by atoms with Crippen LogP contribution in [0.4, 0.5) is 0 Å². The van der Waals surface area contributed by atoms with Crippen molar-refractivity contribution in [2.45, 2.75) is 5.16 Å². The molecule has 0 radical (unpaired) electrons. The van der Waals surface area contributed by atoms with Crippen molar-refractivity contribution in [1.82, 2.24) is 19.9 Å². The van der Waals surface area contributed by atoms with Crippen molar-refractivity contribution in [3.05, 3.63) is 65.3 Å². The van der Waals surface area contributed by atoms with E-state index in [-0.39, 0.29) is 5.78 Å². The molecule has 3 heterocycles. The van der Waals surface area contributed by atoms with Crippen molar-refractivity contribution >= 4 is 62.1 Å². The summed E-state index contributed by atoms with van der Waals surface area (Å²) in [7, 11) is 0. The van der Waals surface area contributed by atoms with Crippen LogP contribution in [-0.4, -0.2) is 31.5 Å². The summed E-state index contributed by atoms with van der Waals surface area (Å²) in [6.45, 7) is 0. The Morgan fingerprint density at radius 3 is 2.81 bits per heavy atom. The predicted octanol–water partition coefficient (Wildman–Crippen LogP) is 5.22. The summed E-state index contributed by atoms with van der Waals surface area (Å²) in [5, 5.41) is 3.17. The van der Waals surface area contributed by atoms with E-state index in [0.717, 1.165) is 38.1 Å². The smallest absolute Gasteiger partial charge is 0.173 e. The lowest BCUT2D eigenvalue weighted by Gasteiger charge is -2.01. The molecule has 0 atom stereocenters. The second-order valence-corrected chi connectivity index (χ2v) is 7.61. The summed E-state index contributed by atoms with van der Waals surface area (Å²) in [6, 6.07) is 15.3. The number of hydrogen-bond donors (Lipinski definition) is 2. The van der Waals surface area contributed by atoms with E-state index in [1.165, 1.54) is 11.8 Å². The van der Waals surface area contributed by atoms with Crippen LogP contribution in [0.25, 0.3) is 33.0 Å². The van der Waals surface area contributed by atoms with Gasteiger partial charge in [0.05, 0.1) is 21.8 Å². The van der Waals surface area contributed by atoms with Crippen LogP contribution in [0, 0.1) is 0 Å². The van der Waals surface area contributed by atoms with Gasteiger partial charge in [0.2, 0.25) is 0 Å². The Morgan fingerprint density at radius 1 is 1.04 bits per heavy atom. The van der Waals surface area contributed by atoms with Gasteiger partial charge >= 0.3 is 0 Å². The molecular formula is C20H13ClN4OS. The highest BCUT2D eigenvalue weighted by Crippen LogP contribution is 2.28. The molecule has 2 aromatic carbocycles. The lowest BCUT2D eigenvalue weighted by Crippen LogP contribution is -2.02. The molecule has 3 aromatic heterocycles. The van der Waals surface area contributed by atoms with E-state index in [9.17, 15) is 4.79 Å². The summed E-state index contributed by atoms with van der Waals surface area (Å²) in [5.74, 6) is 0.360. The SMILES string of the molecule is O=C(CSc1nc2ccccc2[nH]1)c1ccc2[nH]c3ncc(Cl)cc3c2c1. The molecule has 27 heavy (non-hydrogen) atoms. The molecule has 5 aromatic rings. The third-order valence-corrected chi connectivity index (χ3v) is 5.53. The van der Waals surface area contributed by atoms with Gasteiger partial charge in [-0.1, -0.05) is 35.5 Å². The Labute approximate surface area is 163 Å². The number of carbonyl (C=O) groups excluding carboxylic acids is 1. The molecule has 0 spiro atoms. The Hall–Kier alpha value is -2.83. The maximum absolute atomic E-state index is 12.7. The monoisotopic (exact) mass is 392 g/mol. The molecule has 5 rings (SSSR count). The van der Waals surface area contributed by atoms with Gasteiger partial charge in [0, 0.05) is 28.0 Å². The highest BCUT2D eigenvalue weighted by molar-refractivity contribution is 7.99. The van der Waals surface area contributed by atoms with E-state index >= 15 is 0 Å². The minimum atomic E-state index is 0.0479. The number of imidazole rings is 1. The van der Waals surface area contributed by atoms with Gasteiger partial charge in [-0.3, -0.25) is 4.79 Å². The Bertz CT molecular complexity index is 1290. The maximum atomic E-state index is 12.7. The number of halogens is 1. The number of fused-ring (bicyclic) bond motifs is 4. The Morgan fingerprint density at radius 2 is 1.93 bits per heavy atom. The van der Waals surface area contributed by atoms with Crippen molar-refractivity contribution < 1.29 is 4.79 Å². The van der Waals surface area contributed by atoms with Crippen molar-refractivity contribution in [2.75, 3.05) is 5.75 Å². The van der Waals surface area contributed by atoms with Gasteiger partial charge in [0.15, 0.2) is 10.9 Å². The lowest BCUT2D eigenvalue weighted by atomic mass is 10.1. The zero-order chi connectivity index (χ0) is 18.4. The molecule has 0 aliphatic heterocycles. The number of nitrogens with zero attached hydrogens (tertiary/aromatic N) is 2. The fraction of sp³-hybridized carbons (Fsp3) is 0.0500. The van der Waals surface area contributed by atoms with Crippen LogP contribution < -0.4 is 0 Å². The van der Waals surface area contributed by atoms with Crippen LogP contribution in [0.3, 0.4) is 0 Å². The summed E-state index contributed by atoms with van der Waals surface area (Å²) < 4.78 is 0. The molecule has 5 nitrogen and oxygen atoms in total. The quantitative estimate of drug-likeness (QED) is 0.325. The first-order valence-corrected chi connectivity index (χ1v) is 9.71. The number of aromatic nitrogens is 4. The van der Waals surface area contributed by atoms with Gasteiger partial charge in [-0.15, -0.1) is 0 Å². The van der Waals surface area contributed by atoms with E-state index in [0.29, 0.717) is 16.3 Å². The number of benzene rings is 2. The van der Waals surface area contributed by atoms with E-state index in [1.807, 2.05) is 48.5 Å². The minimum Gasteiger partial charge on any atom is -0.339 e.